The maximum Gasteiger partial charge on any atom is 0.157 e. The Kier molecular flexibility index (Phi) is 2.76. The van der Waals surface area contributed by atoms with Crippen molar-refractivity contribution in [2.24, 2.45) is 0 Å². The summed E-state index contributed by atoms with van der Waals surface area (Å²) in [6.45, 7) is 4.43. The van der Waals surface area contributed by atoms with Gasteiger partial charge in [-0.1, -0.05) is 5.92 Å². The highest BCUT2D eigenvalue weighted by Gasteiger charge is 1.99. The first-order chi connectivity index (χ1) is 5.72. The molecule has 0 aliphatic heterocycles. The molecule has 1 aromatic heterocycles. The maximum absolute atomic E-state index is 5.39. The van der Waals surface area contributed by atoms with Crippen LogP contribution in [-0.2, 0) is 6.54 Å². The lowest BCUT2D eigenvalue weighted by Gasteiger charge is -2.04. The van der Waals surface area contributed by atoms with Crippen LogP contribution in [0.2, 0.25) is 0 Å². The Morgan fingerprint density at radius 2 is 2.50 bits per heavy atom. The van der Waals surface area contributed by atoms with Crippen LogP contribution in [0.25, 0.3) is 0 Å². The summed E-state index contributed by atoms with van der Waals surface area (Å²) in [5.74, 6) is 3.26. The predicted octanol–water partition coefficient (Wildman–Crippen LogP) is 1.30. The largest absolute Gasteiger partial charge is 0.488 e. The van der Waals surface area contributed by atoms with Crippen LogP contribution in [-0.4, -0.2) is 15.9 Å². The standard InChI is InChI=1S/C9H12N2O/c1-4-5-11-7-9(6-10-11)12-8(2)3/h1,6-8H,5H2,2-3H3. The highest BCUT2D eigenvalue weighted by Crippen LogP contribution is 2.09. The summed E-state index contributed by atoms with van der Waals surface area (Å²) in [6, 6.07) is 0. The van der Waals surface area contributed by atoms with Crippen molar-refractivity contribution in [1.82, 2.24) is 9.78 Å². The molecule has 0 amide bonds. The number of ether oxygens (including phenoxy) is 1. The Hall–Kier alpha value is -1.43. The molecule has 0 bridgehead atoms. The number of aromatic nitrogens is 2. The average molecular weight is 164 g/mol. The van der Waals surface area contributed by atoms with E-state index in [2.05, 4.69) is 11.0 Å². The van der Waals surface area contributed by atoms with Gasteiger partial charge in [0.1, 0.15) is 6.54 Å². The van der Waals surface area contributed by atoms with Crippen LogP contribution in [0.15, 0.2) is 12.4 Å². The molecule has 0 aliphatic carbocycles. The van der Waals surface area contributed by atoms with E-state index in [-0.39, 0.29) is 6.10 Å². The Balaban J connectivity index is 2.59. The Bertz CT molecular complexity index is 283. The number of nitrogens with zero attached hydrogens (tertiary/aromatic N) is 2. The van der Waals surface area contributed by atoms with E-state index < -0.39 is 0 Å². The van der Waals surface area contributed by atoms with E-state index in [4.69, 9.17) is 11.2 Å². The van der Waals surface area contributed by atoms with Crippen molar-refractivity contribution in [2.75, 3.05) is 0 Å². The average Bonchev–Trinajstić information content (AvgIpc) is 2.36. The van der Waals surface area contributed by atoms with Gasteiger partial charge in [0, 0.05) is 0 Å². The summed E-state index contributed by atoms with van der Waals surface area (Å²) in [4.78, 5) is 0. The second kappa shape index (κ2) is 3.82. The molecule has 64 valence electrons. The first-order valence-corrected chi connectivity index (χ1v) is 3.85. The highest BCUT2D eigenvalue weighted by atomic mass is 16.5. The van der Waals surface area contributed by atoms with Gasteiger partial charge in [0.15, 0.2) is 5.75 Å². The van der Waals surface area contributed by atoms with Crippen LogP contribution in [0, 0.1) is 12.3 Å². The third kappa shape index (κ3) is 2.31. The lowest BCUT2D eigenvalue weighted by Crippen LogP contribution is -2.04. The molecule has 0 spiro atoms. The summed E-state index contributed by atoms with van der Waals surface area (Å²) >= 11 is 0. The minimum Gasteiger partial charge on any atom is -0.488 e. The summed E-state index contributed by atoms with van der Waals surface area (Å²) in [5, 5.41) is 4.01. The van der Waals surface area contributed by atoms with Crippen LogP contribution in [0.4, 0.5) is 0 Å². The molecule has 1 rings (SSSR count). The molecule has 1 aromatic rings. The molecule has 0 unspecified atom stereocenters. The molecule has 12 heavy (non-hydrogen) atoms. The molecule has 1 heterocycles. The van der Waals surface area contributed by atoms with E-state index in [1.807, 2.05) is 13.8 Å². The Morgan fingerprint density at radius 3 is 3.08 bits per heavy atom. The molecular formula is C9H12N2O. The summed E-state index contributed by atoms with van der Waals surface area (Å²) < 4.78 is 7.05. The molecule has 3 nitrogen and oxygen atoms in total. The van der Waals surface area contributed by atoms with Crippen molar-refractivity contribution in [3.8, 4) is 18.1 Å². The van der Waals surface area contributed by atoms with Crippen LogP contribution >= 0.6 is 0 Å². The van der Waals surface area contributed by atoms with Crippen molar-refractivity contribution < 1.29 is 4.74 Å². The third-order valence-corrected chi connectivity index (χ3v) is 1.23. The van der Waals surface area contributed by atoms with E-state index in [0.29, 0.717) is 6.54 Å². The first-order valence-electron chi connectivity index (χ1n) is 3.85. The molecule has 0 N–H and O–H groups in total. The normalized spacial score (nSPS) is 9.83. The van der Waals surface area contributed by atoms with Crippen molar-refractivity contribution in [3.05, 3.63) is 12.4 Å². The zero-order valence-corrected chi connectivity index (χ0v) is 7.32. The van der Waals surface area contributed by atoms with Crippen LogP contribution in [0.5, 0.6) is 5.75 Å². The van der Waals surface area contributed by atoms with E-state index in [1.165, 1.54) is 0 Å². The van der Waals surface area contributed by atoms with E-state index in [0.717, 1.165) is 5.75 Å². The molecule has 0 fully saturated rings. The van der Waals surface area contributed by atoms with E-state index in [1.54, 1.807) is 17.1 Å². The minimum absolute atomic E-state index is 0.175. The lowest BCUT2D eigenvalue weighted by atomic mass is 10.5. The second-order valence-corrected chi connectivity index (χ2v) is 2.74. The van der Waals surface area contributed by atoms with Crippen molar-refractivity contribution in [2.45, 2.75) is 26.5 Å². The zero-order chi connectivity index (χ0) is 8.97. The van der Waals surface area contributed by atoms with Crippen molar-refractivity contribution >= 4 is 0 Å². The quantitative estimate of drug-likeness (QED) is 0.630. The zero-order valence-electron chi connectivity index (χ0n) is 7.32. The van der Waals surface area contributed by atoms with Gasteiger partial charge < -0.3 is 4.74 Å². The highest BCUT2D eigenvalue weighted by molar-refractivity contribution is 5.12. The predicted molar refractivity (Wildman–Crippen MR) is 46.8 cm³/mol. The van der Waals surface area contributed by atoms with E-state index >= 15 is 0 Å². The number of hydrogen-bond acceptors (Lipinski definition) is 2. The van der Waals surface area contributed by atoms with Crippen LogP contribution in [0.3, 0.4) is 0 Å². The van der Waals surface area contributed by atoms with Gasteiger partial charge in [0.05, 0.1) is 18.5 Å². The molecule has 0 saturated carbocycles. The molecule has 0 radical (unpaired) electrons. The smallest absolute Gasteiger partial charge is 0.157 e. The number of rotatable bonds is 3. The molecule has 0 atom stereocenters. The monoisotopic (exact) mass is 164 g/mol. The summed E-state index contributed by atoms with van der Waals surface area (Å²) in [5.41, 5.74) is 0. The number of hydrogen-bond donors (Lipinski definition) is 0. The maximum atomic E-state index is 5.39. The van der Waals surface area contributed by atoms with Gasteiger partial charge in [-0.3, -0.25) is 4.68 Å². The van der Waals surface area contributed by atoms with Gasteiger partial charge in [0.25, 0.3) is 0 Å². The molecule has 0 aliphatic rings. The minimum atomic E-state index is 0.175. The Morgan fingerprint density at radius 1 is 1.75 bits per heavy atom. The fraction of sp³-hybridized carbons (Fsp3) is 0.444. The Labute approximate surface area is 72.3 Å². The molecular weight excluding hydrogens is 152 g/mol. The van der Waals surface area contributed by atoms with Crippen LogP contribution < -0.4 is 4.74 Å². The SMILES string of the molecule is C#CCn1cc(OC(C)C)cn1. The van der Waals surface area contributed by atoms with Crippen LogP contribution in [0.1, 0.15) is 13.8 Å². The molecule has 3 heteroatoms. The number of terminal acetylenes is 1. The fourth-order valence-electron chi connectivity index (χ4n) is 0.858. The fourth-order valence-corrected chi connectivity index (χ4v) is 0.858. The van der Waals surface area contributed by atoms with Gasteiger partial charge in [-0.15, -0.1) is 6.42 Å². The van der Waals surface area contributed by atoms with Gasteiger partial charge in [-0.25, -0.2) is 0 Å². The van der Waals surface area contributed by atoms with Gasteiger partial charge in [-0.05, 0) is 13.8 Å². The second-order valence-electron chi connectivity index (χ2n) is 2.74. The van der Waals surface area contributed by atoms with Gasteiger partial charge >= 0.3 is 0 Å². The first kappa shape index (κ1) is 8.66. The molecule has 0 aromatic carbocycles. The van der Waals surface area contributed by atoms with Crippen molar-refractivity contribution in [1.29, 1.82) is 0 Å². The summed E-state index contributed by atoms with van der Waals surface area (Å²) in [7, 11) is 0. The summed E-state index contributed by atoms with van der Waals surface area (Å²) in [6.07, 6.45) is 8.75. The van der Waals surface area contributed by atoms with Gasteiger partial charge in [0.2, 0.25) is 0 Å². The van der Waals surface area contributed by atoms with Crippen molar-refractivity contribution in [3.63, 3.8) is 0 Å². The third-order valence-electron chi connectivity index (χ3n) is 1.23. The lowest BCUT2D eigenvalue weighted by molar-refractivity contribution is 0.242. The molecule has 0 saturated heterocycles. The van der Waals surface area contributed by atoms with Gasteiger partial charge in [-0.2, -0.15) is 5.10 Å². The van der Waals surface area contributed by atoms with E-state index in [9.17, 15) is 0 Å². The topological polar surface area (TPSA) is 27.1 Å².